The van der Waals surface area contributed by atoms with Crippen molar-refractivity contribution in [2.75, 3.05) is 7.11 Å². The number of methoxy groups -OCH3 is 1. The lowest BCUT2D eigenvalue weighted by molar-refractivity contribution is -0.141. The minimum absolute atomic E-state index is 0.150. The molecule has 0 spiro atoms. The number of esters is 1. The predicted octanol–water partition coefficient (Wildman–Crippen LogP) is 2.67. The average Bonchev–Trinajstić information content (AvgIpc) is 2.17. The molecule has 0 bridgehead atoms. The van der Waals surface area contributed by atoms with Crippen LogP contribution in [0.5, 0.6) is 0 Å². The molecule has 0 fully saturated rings. The van der Waals surface area contributed by atoms with Crippen LogP contribution in [0.1, 0.15) is 18.0 Å². The molecule has 1 atom stereocenters. The van der Waals surface area contributed by atoms with Crippen LogP contribution in [0.3, 0.4) is 0 Å². The van der Waals surface area contributed by atoms with E-state index in [9.17, 15) is 4.79 Å². The highest BCUT2D eigenvalue weighted by atomic mass is 79.9. The molecule has 1 aromatic rings. The van der Waals surface area contributed by atoms with Gasteiger partial charge < -0.3 is 10.5 Å². The molecule has 0 amide bonds. The van der Waals surface area contributed by atoms with E-state index in [4.69, 9.17) is 17.3 Å². The van der Waals surface area contributed by atoms with Crippen LogP contribution in [0.2, 0.25) is 5.02 Å². The zero-order chi connectivity index (χ0) is 11.4. The second kappa shape index (κ2) is 5.49. The number of nitrogens with two attached hydrogens (primary N) is 1. The van der Waals surface area contributed by atoms with Gasteiger partial charge in [-0.25, -0.2) is 0 Å². The first-order valence-electron chi connectivity index (χ1n) is 4.32. The first-order chi connectivity index (χ1) is 7.04. The van der Waals surface area contributed by atoms with Crippen LogP contribution in [-0.4, -0.2) is 13.1 Å². The van der Waals surface area contributed by atoms with Crippen molar-refractivity contribution in [3.8, 4) is 0 Å². The molecule has 1 aromatic carbocycles. The third-order valence-corrected chi connectivity index (χ3v) is 2.90. The van der Waals surface area contributed by atoms with E-state index < -0.39 is 0 Å². The van der Waals surface area contributed by atoms with Gasteiger partial charge in [0, 0.05) is 15.5 Å². The standard InChI is InChI=1S/C10H11BrClNO2/c1-15-10(14)5-9(13)7-3-2-6(12)4-8(7)11/h2-4,9H,5,13H2,1H3/t9-/m0/s1. The Balaban J connectivity index is 2.82. The monoisotopic (exact) mass is 291 g/mol. The summed E-state index contributed by atoms with van der Waals surface area (Å²) in [7, 11) is 1.34. The normalized spacial score (nSPS) is 12.3. The highest BCUT2D eigenvalue weighted by Crippen LogP contribution is 2.27. The van der Waals surface area contributed by atoms with E-state index in [1.165, 1.54) is 7.11 Å². The second-order valence-electron chi connectivity index (χ2n) is 3.05. The van der Waals surface area contributed by atoms with Gasteiger partial charge in [-0.2, -0.15) is 0 Å². The van der Waals surface area contributed by atoms with E-state index in [0.29, 0.717) is 5.02 Å². The van der Waals surface area contributed by atoms with E-state index in [2.05, 4.69) is 20.7 Å². The summed E-state index contributed by atoms with van der Waals surface area (Å²) in [5.41, 5.74) is 6.69. The number of hydrogen-bond donors (Lipinski definition) is 1. The lowest BCUT2D eigenvalue weighted by Crippen LogP contribution is -2.16. The largest absolute Gasteiger partial charge is 0.469 e. The lowest BCUT2D eigenvalue weighted by atomic mass is 10.1. The highest BCUT2D eigenvalue weighted by Gasteiger charge is 2.14. The quantitative estimate of drug-likeness (QED) is 0.871. The van der Waals surface area contributed by atoms with E-state index in [-0.39, 0.29) is 18.4 Å². The minimum atomic E-state index is -0.385. The maximum Gasteiger partial charge on any atom is 0.307 e. The van der Waals surface area contributed by atoms with Crippen molar-refractivity contribution in [3.05, 3.63) is 33.3 Å². The smallest absolute Gasteiger partial charge is 0.307 e. The van der Waals surface area contributed by atoms with Crippen molar-refractivity contribution >= 4 is 33.5 Å². The summed E-state index contributed by atoms with van der Waals surface area (Å²) in [4.78, 5) is 11.0. The van der Waals surface area contributed by atoms with Gasteiger partial charge in [-0.1, -0.05) is 33.6 Å². The van der Waals surface area contributed by atoms with Crippen LogP contribution in [-0.2, 0) is 9.53 Å². The van der Waals surface area contributed by atoms with Crippen molar-refractivity contribution in [2.24, 2.45) is 5.73 Å². The first kappa shape index (κ1) is 12.5. The molecule has 0 aromatic heterocycles. The van der Waals surface area contributed by atoms with Crippen LogP contribution in [0.15, 0.2) is 22.7 Å². The van der Waals surface area contributed by atoms with E-state index in [1.54, 1.807) is 18.2 Å². The average molecular weight is 293 g/mol. The van der Waals surface area contributed by atoms with Gasteiger partial charge in [-0.3, -0.25) is 4.79 Å². The van der Waals surface area contributed by atoms with Gasteiger partial charge in [-0.05, 0) is 17.7 Å². The molecule has 0 aliphatic heterocycles. The molecule has 2 N–H and O–H groups in total. The van der Waals surface area contributed by atoms with Gasteiger partial charge >= 0.3 is 5.97 Å². The summed E-state index contributed by atoms with van der Waals surface area (Å²) < 4.78 is 5.34. The van der Waals surface area contributed by atoms with Crippen LogP contribution in [0, 0.1) is 0 Å². The van der Waals surface area contributed by atoms with Crippen molar-refractivity contribution in [2.45, 2.75) is 12.5 Å². The molecule has 0 saturated carbocycles. The molecule has 0 heterocycles. The molecule has 15 heavy (non-hydrogen) atoms. The van der Waals surface area contributed by atoms with Gasteiger partial charge in [0.2, 0.25) is 0 Å². The zero-order valence-corrected chi connectivity index (χ0v) is 10.5. The third-order valence-electron chi connectivity index (χ3n) is 1.98. The molecule has 0 radical (unpaired) electrons. The summed E-state index contributed by atoms with van der Waals surface area (Å²) in [5, 5.41) is 0.621. The zero-order valence-electron chi connectivity index (χ0n) is 8.17. The van der Waals surface area contributed by atoms with Crippen molar-refractivity contribution in [3.63, 3.8) is 0 Å². The molecule has 3 nitrogen and oxygen atoms in total. The molecule has 1 rings (SSSR count). The Morgan fingerprint density at radius 3 is 2.87 bits per heavy atom. The van der Waals surface area contributed by atoms with Gasteiger partial charge in [0.1, 0.15) is 0 Å². The maximum atomic E-state index is 11.0. The Hall–Kier alpha value is -0.580. The van der Waals surface area contributed by atoms with Gasteiger partial charge in [0.05, 0.1) is 13.5 Å². The first-order valence-corrected chi connectivity index (χ1v) is 5.49. The van der Waals surface area contributed by atoms with E-state index in [0.717, 1.165) is 10.0 Å². The number of rotatable bonds is 3. The van der Waals surface area contributed by atoms with E-state index in [1.807, 2.05) is 0 Å². The Bertz CT molecular complexity index is 370. The molecule has 0 saturated heterocycles. The fourth-order valence-corrected chi connectivity index (χ4v) is 2.15. The highest BCUT2D eigenvalue weighted by molar-refractivity contribution is 9.10. The number of halogens is 2. The number of benzene rings is 1. The Labute approximate surface area is 102 Å². The Kier molecular flexibility index (Phi) is 4.57. The minimum Gasteiger partial charge on any atom is -0.469 e. The molecule has 82 valence electrons. The van der Waals surface area contributed by atoms with Gasteiger partial charge in [-0.15, -0.1) is 0 Å². The SMILES string of the molecule is COC(=O)C[C@H](N)c1ccc(Cl)cc1Br. The van der Waals surface area contributed by atoms with Gasteiger partial charge in [0.25, 0.3) is 0 Å². The topological polar surface area (TPSA) is 52.3 Å². The summed E-state index contributed by atoms with van der Waals surface area (Å²) >= 11 is 9.14. The Morgan fingerprint density at radius 2 is 2.33 bits per heavy atom. The number of carbonyl (C=O) groups excluding carboxylic acids is 1. The fraction of sp³-hybridized carbons (Fsp3) is 0.300. The summed E-state index contributed by atoms with van der Waals surface area (Å²) in [6, 6.07) is 4.89. The van der Waals surface area contributed by atoms with Crippen LogP contribution >= 0.6 is 27.5 Å². The molecule has 0 aliphatic rings. The maximum absolute atomic E-state index is 11.0. The predicted molar refractivity (Wildman–Crippen MR) is 62.7 cm³/mol. The van der Waals surface area contributed by atoms with Crippen LogP contribution in [0.4, 0.5) is 0 Å². The molecule has 0 unspecified atom stereocenters. The molecular formula is C10H11BrClNO2. The summed E-state index contributed by atoms with van der Waals surface area (Å²) in [5.74, 6) is -0.329. The Morgan fingerprint density at radius 1 is 1.67 bits per heavy atom. The van der Waals surface area contributed by atoms with Gasteiger partial charge in [0.15, 0.2) is 0 Å². The van der Waals surface area contributed by atoms with Crippen LogP contribution < -0.4 is 5.73 Å². The second-order valence-corrected chi connectivity index (χ2v) is 4.34. The number of ether oxygens (including phenoxy) is 1. The summed E-state index contributed by atoms with van der Waals surface area (Å²) in [6.07, 6.45) is 0.150. The number of hydrogen-bond acceptors (Lipinski definition) is 3. The molecule has 0 aliphatic carbocycles. The van der Waals surface area contributed by atoms with E-state index >= 15 is 0 Å². The molecular weight excluding hydrogens is 281 g/mol. The number of carbonyl (C=O) groups is 1. The third kappa shape index (κ3) is 3.48. The van der Waals surface area contributed by atoms with Crippen molar-refractivity contribution in [1.82, 2.24) is 0 Å². The lowest BCUT2D eigenvalue weighted by Gasteiger charge is -2.12. The van der Waals surface area contributed by atoms with Crippen molar-refractivity contribution in [1.29, 1.82) is 0 Å². The molecule has 5 heteroatoms. The van der Waals surface area contributed by atoms with Crippen molar-refractivity contribution < 1.29 is 9.53 Å². The van der Waals surface area contributed by atoms with Crippen LogP contribution in [0.25, 0.3) is 0 Å². The fourth-order valence-electron chi connectivity index (χ4n) is 1.18. The summed E-state index contributed by atoms with van der Waals surface area (Å²) in [6.45, 7) is 0.